The number of methoxy groups -OCH3 is 1. The molecule has 0 saturated carbocycles. The topological polar surface area (TPSA) is 64.8 Å². The van der Waals surface area contributed by atoms with Crippen molar-refractivity contribution in [2.75, 3.05) is 33.9 Å². The third kappa shape index (κ3) is 4.37. The van der Waals surface area contributed by atoms with Gasteiger partial charge < -0.3 is 20.1 Å². The van der Waals surface area contributed by atoms with Crippen LogP contribution in [0.3, 0.4) is 0 Å². The minimum absolute atomic E-state index is 0. The molecule has 130 valence electrons. The first-order valence-electron chi connectivity index (χ1n) is 7.69. The van der Waals surface area contributed by atoms with E-state index in [1.54, 1.807) is 12.0 Å². The molecule has 0 aromatic heterocycles. The van der Waals surface area contributed by atoms with E-state index in [-0.39, 0.29) is 18.3 Å². The van der Waals surface area contributed by atoms with Crippen LogP contribution >= 0.6 is 12.4 Å². The molecule has 6 heteroatoms. The third-order valence-corrected chi connectivity index (χ3v) is 4.52. The van der Waals surface area contributed by atoms with E-state index >= 15 is 0 Å². The molecule has 1 heterocycles. The minimum atomic E-state index is -0.464. The van der Waals surface area contributed by atoms with E-state index in [9.17, 15) is 4.79 Å². The van der Waals surface area contributed by atoms with Gasteiger partial charge in [0, 0.05) is 33.4 Å². The van der Waals surface area contributed by atoms with Gasteiger partial charge in [0.15, 0.2) is 0 Å². The lowest BCUT2D eigenvalue weighted by molar-refractivity contribution is -0.146. The quantitative estimate of drug-likeness (QED) is 0.890. The van der Waals surface area contributed by atoms with E-state index in [1.165, 1.54) is 0 Å². The van der Waals surface area contributed by atoms with Crippen LogP contribution in [0.5, 0.6) is 5.75 Å². The molecule has 0 aliphatic carbocycles. The second-order valence-electron chi connectivity index (χ2n) is 6.06. The standard InChI is InChI=1S/C17H26N2O3.ClH/c1-13-10-14(4-5-15(13)21-3)11-19(2)16(20)17(12-18)6-8-22-9-7-17;/h4-5,10H,6-9,11-12,18H2,1-3H3;1H. The Morgan fingerprint density at radius 3 is 2.57 bits per heavy atom. The summed E-state index contributed by atoms with van der Waals surface area (Å²) >= 11 is 0. The number of benzene rings is 1. The Morgan fingerprint density at radius 1 is 1.39 bits per heavy atom. The summed E-state index contributed by atoms with van der Waals surface area (Å²) in [5.41, 5.74) is 7.61. The summed E-state index contributed by atoms with van der Waals surface area (Å²) in [5, 5.41) is 0. The van der Waals surface area contributed by atoms with Crippen LogP contribution < -0.4 is 10.5 Å². The fraction of sp³-hybridized carbons (Fsp3) is 0.588. The van der Waals surface area contributed by atoms with E-state index in [1.807, 2.05) is 26.1 Å². The second kappa shape index (κ2) is 8.52. The molecule has 5 nitrogen and oxygen atoms in total. The first-order chi connectivity index (χ1) is 10.5. The van der Waals surface area contributed by atoms with Gasteiger partial charge in [0.05, 0.1) is 12.5 Å². The molecule has 0 spiro atoms. The predicted octanol–water partition coefficient (Wildman–Crippen LogP) is 2.14. The summed E-state index contributed by atoms with van der Waals surface area (Å²) in [6.45, 7) is 4.17. The minimum Gasteiger partial charge on any atom is -0.496 e. The zero-order valence-electron chi connectivity index (χ0n) is 14.1. The van der Waals surface area contributed by atoms with Crippen molar-refractivity contribution >= 4 is 18.3 Å². The number of nitrogens with two attached hydrogens (primary N) is 1. The number of hydrogen-bond donors (Lipinski definition) is 1. The Morgan fingerprint density at radius 2 is 2.04 bits per heavy atom. The highest BCUT2D eigenvalue weighted by molar-refractivity contribution is 5.85. The highest BCUT2D eigenvalue weighted by Crippen LogP contribution is 2.32. The van der Waals surface area contributed by atoms with Crippen LogP contribution in [0.4, 0.5) is 0 Å². The molecule has 1 aliphatic heterocycles. The lowest BCUT2D eigenvalue weighted by Crippen LogP contribution is -2.49. The number of carbonyl (C=O) groups excluding carboxylic acids is 1. The molecule has 1 saturated heterocycles. The van der Waals surface area contributed by atoms with Gasteiger partial charge in [-0.25, -0.2) is 0 Å². The van der Waals surface area contributed by atoms with E-state index < -0.39 is 5.41 Å². The van der Waals surface area contributed by atoms with Gasteiger partial charge in [-0.2, -0.15) is 0 Å². The molecule has 1 aromatic carbocycles. The van der Waals surface area contributed by atoms with Crippen molar-refractivity contribution in [3.8, 4) is 5.75 Å². The van der Waals surface area contributed by atoms with Crippen LogP contribution in [-0.2, 0) is 16.1 Å². The second-order valence-corrected chi connectivity index (χ2v) is 6.06. The lowest BCUT2D eigenvalue weighted by Gasteiger charge is -2.37. The van der Waals surface area contributed by atoms with Crippen LogP contribution in [0.1, 0.15) is 24.0 Å². The van der Waals surface area contributed by atoms with Gasteiger partial charge in [-0.05, 0) is 37.0 Å². The van der Waals surface area contributed by atoms with E-state index in [0.717, 1.165) is 16.9 Å². The molecule has 23 heavy (non-hydrogen) atoms. The molecule has 2 N–H and O–H groups in total. The van der Waals surface area contributed by atoms with Crippen molar-refractivity contribution < 1.29 is 14.3 Å². The van der Waals surface area contributed by atoms with Gasteiger partial charge in [0.25, 0.3) is 0 Å². The number of rotatable bonds is 5. The fourth-order valence-corrected chi connectivity index (χ4v) is 3.06. The number of amides is 1. The van der Waals surface area contributed by atoms with Gasteiger partial charge >= 0.3 is 0 Å². The molecule has 1 fully saturated rings. The highest BCUT2D eigenvalue weighted by Gasteiger charge is 2.40. The van der Waals surface area contributed by atoms with Gasteiger partial charge in [-0.3, -0.25) is 4.79 Å². The van der Waals surface area contributed by atoms with E-state index in [2.05, 4.69) is 6.07 Å². The summed E-state index contributed by atoms with van der Waals surface area (Å²) in [6, 6.07) is 5.99. The summed E-state index contributed by atoms with van der Waals surface area (Å²) in [7, 11) is 3.50. The Kier molecular flexibility index (Phi) is 7.32. The van der Waals surface area contributed by atoms with Crippen molar-refractivity contribution in [3.05, 3.63) is 29.3 Å². The van der Waals surface area contributed by atoms with Crippen molar-refractivity contribution in [1.29, 1.82) is 0 Å². The molecule has 0 atom stereocenters. The van der Waals surface area contributed by atoms with Crippen LogP contribution in [0.25, 0.3) is 0 Å². The van der Waals surface area contributed by atoms with E-state index in [0.29, 0.717) is 39.1 Å². The normalized spacial score (nSPS) is 16.3. The predicted molar refractivity (Wildman–Crippen MR) is 93.0 cm³/mol. The molecule has 1 aromatic rings. The maximum atomic E-state index is 12.8. The monoisotopic (exact) mass is 342 g/mol. The SMILES string of the molecule is COc1ccc(CN(C)C(=O)C2(CN)CCOCC2)cc1C.Cl. The zero-order chi connectivity index (χ0) is 16.2. The largest absolute Gasteiger partial charge is 0.496 e. The number of halogens is 1. The van der Waals surface area contributed by atoms with Gasteiger partial charge in [-0.1, -0.05) is 12.1 Å². The Labute approximate surface area is 144 Å². The number of aryl methyl sites for hydroxylation is 1. The van der Waals surface area contributed by atoms with Crippen molar-refractivity contribution in [3.63, 3.8) is 0 Å². The summed E-state index contributed by atoms with van der Waals surface area (Å²) in [6.07, 6.45) is 1.41. The van der Waals surface area contributed by atoms with Crippen molar-refractivity contribution in [1.82, 2.24) is 4.90 Å². The maximum absolute atomic E-state index is 12.8. The van der Waals surface area contributed by atoms with Crippen LogP contribution in [0.15, 0.2) is 18.2 Å². The summed E-state index contributed by atoms with van der Waals surface area (Å²) < 4.78 is 10.6. The summed E-state index contributed by atoms with van der Waals surface area (Å²) in [5.74, 6) is 0.979. The first-order valence-corrected chi connectivity index (χ1v) is 7.69. The molecular weight excluding hydrogens is 316 g/mol. The number of nitrogens with zero attached hydrogens (tertiary/aromatic N) is 1. The molecule has 1 amide bonds. The summed E-state index contributed by atoms with van der Waals surface area (Å²) in [4.78, 5) is 14.6. The smallest absolute Gasteiger partial charge is 0.230 e. The first kappa shape index (κ1) is 19.7. The van der Waals surface area contributed by atoms with Crippen molar-refractivity contribution in [2.45, 2.75) is 26.3 Å². The van der Waals surface area contributed by atoms with E-state index in [4.69, 9.17) is 15.2 Å². The number of ether oxygens (including phenoxy) is 2. The molecule has 2 rings (SSSR count). The molecular formula is C17H27ClN2O3. The van der Waals surface area contributed by atoms with Gasteiger partial charge in [0.1, 0.15) is 5.75 Å². The van der Waals surface area contributed by atoms with Crippen molar-refractivity contribution in [2.24, 2.45) is 11.1 Å². The zero-order valence-corrected chi connectivity index (χ0v) is 14.9. The molecule has 0 bridgehead atoms. The van der Waals surface area contributed by atoms with Gasteiger partial charge in [-0.15, -0.1) is 12.4 Å². The average Bonchev–Trinajstić information content (AvgIpc) is 2.55. The van der Waals surface area contributed by atoms with Crippen LogP contribution in [0.2, 0.25) is 0 Å². The maximum Gasteiger partial charge on any atom is 0.230 e. The molecule has 0 unspecified atom stereocenters. The number of carbonyl (C=O) groups is 1. The third-order valence-electron chi connectivity index (χ3n) is 4.52. The number of hydrogen-bond acceptors (Lipinski definition) is 4. The fourth-order valence-electron chi connectivity index (χ4n) is 3.06. The van der Waals surface area contributed by atoms with Gasteiger partial charge in [0.2, 0.25) is 5.91 Å². The Hall–Kier alpha value is -1.30. The molecule has 1 aliphatic rings. The lowest BCUT2D eigenvalue weighted by atomic mass is 9.79. The highest BCUT2D eigenvalue weighted by atomic mass is 35.5. The van der Waals surface area contributed by atoms with Crippen LogP contribution in [0, 0.1) is 12.3 Å². The Balaban J connectivity index is 0.00000264. The molecule has 0 radical (unpaired) electrons. The van der Waals surface area contributed by atoms with Crippen LogP contribution in [-0.4, -0.2) is 44.7 Å². The Bertz CT molecular complexity index is 531. The average molecular weight is 343 g/mol.